The molecule has 4 heteroatoms. The SMILES string of the molecule is CCCCCCCCCCCCCCCCCCOC(=O)[C@H](N)Cc1ccc(O)cc1. The molecule has 0 saturated carbocycles. The van der Waals surface area contributed by atoms with Gasteiger partial charge in [-0.05, 0) is 30.5 Å². The second-order valence-corrected chi connectivity index (χ2v) is 8.95. The lowest BCUT2D eigenvalue weighted by Crippen LogP contribution is -2.34. The molecule has 0 spiro atoms. The highest BCUT2D eigenvalue weighted by atomic mass is 16.5. The van der Waals surface area contributed by atoms with E-state index in [9.17, 15) is 9.90 Å². The first-order chi connectivity index (χ1) is 15.1. The Morgan fingerprint density at radius 3 is 1.65 bits per heavy atom. The molecule has 1 atom stereocenters. The van der Waals surface area contributed by atoms with Crippen LogP contribution in [0.15, 0.2) is 24.3 Å². The van der Waals surface area contributed by atoms with Crippen LogP contribution in [0.2, 0.25) is 0 Å². The molecule has 0 amide bonds. The van der Waals surface area contributed by atoms with E-state index in [0.717, 1.165) is 18.4 Å². The number of benzene rings is 1. The summed E-state index contributed by atoms with van der Waals surface area (Å²) in [5, 5.41) is 9.29. The summed E-state index contributed by atoms with van der Waals surface area (Å²) >= 11 is 0. The van der Waals surface area contributed by atoms with Gasteiger partial charge in [-0.1, -0.05) is 115 Å². The molecular formula is C27H47NO3. The van der Waals surface area contributed by atoms with Crippen molar-refractivity contribution in [2.45, 2.75) is 122 Å². The molecule has 0 aliphatic rings. The first-order valence-corrected chi connectivity index (χ1v) is 12.8. The molecule has 1 rings (SSSR count). The zero-order valence-corrected chi connectivity index (χ0v) is 20.0. The van der Waals surface area contributed by atoms with Crippen LogP contribution in [0.1, 0.15) is 115 Å². The third-order valence-corrected chi connectivity index (χ3v) is 5.94. The molecule has 0 unspecified atom stereocenters. The molecule has 0 saturated heterocycles. The van der Waals surface area contributed by atoms with E-state index in [4.69, 9.17) is 10.5 Å². The topological polar surface area (TPSA) is 72.5 Å². The molecule has 0 heterocycles. The Kier molecular flexibility index (Phi) is 17.0. The molecule has 0 aromatic heterocycles. The molecular weight excluding hydrogens is 386 g/mol. The Bertz CT molecular complexity index is 544. The van der Waals surface area contributed by atoms with E-state index in [1.54, 1.807) is 24.3 Å². The summed E-state index contributed by atoms with van der Waals surface area (Å²) < 4.78 is 5.31. The van der Waals surface area contributed by atoms with E-state index in [-0.39, 0.29) is 11.7 Å². The molecule has 178 valence electrons. The smallest absolute Gasteiger partial charge is 0.323 e. The van der Waals surface area contributed by atoms with Crippen molar-refractivity contribution in [2.75, 3.05) is 6.61 Å². The Balaban J connectivity index is 1.83. The summed E-state index contributed by atoms with van der Waals surface area (Å²) in [5.41, 5.74) is 6.84. The molecule has 0 fully saturated rings. The van der Waals surface area contributed by atoms with Gasteiger partial charge in [0, 0.05) is 0 Å². The van der Waals surface area contributed by atoms with Gasteiger partial charge in [0.15, 0.2) is 0 Å². The highest BCUT2D eigenvalue weighted by Gasteiger charge is 2.15. The molecule has 0 aliphatic heterocycles. The molecule has 3 N–H and O–H groups in total. The summed E-state index contributed by atoms with van der Waals surface area (Å²) in [6.45, 7) is 2.73. The lowest BCUT2D eigenvalue weighted by Gasteiger charge is -2.11. The minimum atomic E-state index is -0.648. The van der Waals surface area contributed by atoms with Crippen LogP contribution in [-0.2, 0) is 16.0 Å². The minimum absolute atomic E-state index is 0.211. The first kappa shape index (κ1) is 27.5. The van der Waals surface area contributed by atoms with Crippen molar-refractivity contribution in [3.63, 3.8) is 0 Å². The quantitative estimate of drug-likeness (QED) is 0.170. The fourth-order valence-corrected chi connectivity index (χ4v) is 3.90. The molecule has 1 aromatic carbocycles. The van der Waals surface area contributed by atoms with Crippen LogP contribution in [-0.4, -0.2) is 23.7 Å². The molecule has 4 nitrogen and oxygen atoms in total. The zero-order valence-electron chi connectivity index (χ0n) is 20.0. The molecule has 1 aromatic rings. The normalized spacial score (nSPS) is 12.1. The van der Waals surface area contributed by atoms with Gasteiger partial charge in [0.25, 0.3) is 0 Å². The van der Waals surface area contributed by atoms with Crippen LogP contribution in [0.25, 0.3) is 0 Å². The van der Waals surface area contributed by atoms with Crippen LogP contribution in [0, 0.1) is 0 Å². The highest BCUT2D eigenvalue weighted by Crippen LogP contribution is 2.14. The van der Waals surface area contributed by atoms with Crippen molar-refractivity contribution in [1.82, 2.24) is 0 Å². The largest absolute Gasteiger partial charge is 0.508 e. The first-order valence-electron chi connectivity index (χ1n) is 12.8. The zero-order chi connectivity index (χ0) is 22.6. The lowest BCUT2D eigenvalue weighted by atomic mass is 10.0. The van der Waals surface area contributed by atoms with Crippen molar-refractivity contribution in [3.05, 3.63) is 29.8 Å². The van der Waals surface area contributed by atoms with E-state index in [2.05, 4.69) is 6.92 Å². The number of aromatic hydroxyl groups is 1. The number of rotatable bonds is 20. The number of hydrogen-bond donors (Lipinski definition) is 2. The van der Waals surface area contributed by atoms with Gasteiger partial charge in [-0.3, -0.25) is 4.79 Å². The fourth-order valence-electron chi connectivity index (χ4n) is 3.90. The van der Waals surface area contributed by atoms with Gasteiger partial charge in [-0.15, -0.1) is 0 Å². The maximum absolute atomic E-state index is 12.0. The number of phenolic OH excluding ortho intramolecular Hbond substituents is 1. The predicted molar refractivity (Wildman–Crippen MR) is 130 cm³/mol. The van der Waals surface area contributed by atoms with Gasteiger partial charge in [-0.2, -0.15) is 0 Å². The number of esters is 1. The van der Waals surface area contributed by atoms with Crippen molar-refractivity contribution >= 4 is 5.97 Å². The average Bonchev–Trinajstić information content (AvgIpc) is 2.77. The van der Waals surface area contributed by atoms with Crippen LogP contribution < -0.4 is 5.73 Å². The van der Waals surface area contributed by atoms with Crippen molar-refractivity contribution in [2.24, 2.45) is 5.73 Å². The lowest BCUT2D eigenvalue weighted by molar-refractivity contribution is -0.145. The van der Waals surface area contributed by atoms with Gasteiger partial charge < -0.3 is 15.6 Å². The molecule has 0 aliphatic carbocycles. The number of hydrogen-bond acceptors (Lipinski definition) is 4. The van der Waals surface area contributed by atoms with E-state index in [1.165, 1.54) is 89.9 Å². The van der Waals surface area contributed by atoms with Gasteiger partial charge in [-0.25, -0.2) is 0 Å². The summed E-state index contributed by atoms with van der Waals surface area (Å²) in [6.07, 6.45) is 21.7. The van der Waals surface area contributed by atoms with E-state index in [0.29, 0.717) is 13.0 Å². The summed E-state index contributed by atoms with van der Waals surface area (Å²) in [6, 6.07) is 6.11. The van der Waals surface area contributed by atoms with Gasteiger partial charge in [0.05, 0.1) is 6.61 Å². The van der Waals surface area contributed by atoms with Crippen molar-refractivity contribution in [3.8, 4) is 5.75 Å². The summed E-state index contributed by atoms with van der Waals surface area (Å²) in [5.74, 6) is -0.127. The van der Waals surface area contributed by atoms with E-state index < -0.39 is 6.04 Å². The highest BCUT2D eigenvalue weighted by molar-refractivity contribution is 5.75. The molecule has 0 radical (unpaired) electrons. The Labute approximate surface area is 191 Å². The van der Waals surface area contributed by atoms with Gasteiger partial charge in [0.2, 0.25) is 0 Å². The fraction of sp³-hybridized carbons (Fsp3) is 0.741. The van der Waals surface area contributed by atoms with Gasteiger partial charge >= 0.3 is 5.97 Å². The number of ether oxygens (including phenoxy) is 1. The number of nitrogens with two attached hydrogens (primary N) is 1. The van der Waals surface area contributed by atoms with Crippen LogP contribution in [0.4, 0.5) is 0 Å². The number of carbonyl (C=O) groups excluding carboxylic acids is 1. The number of phenols is 1. The van der Waals surface area contributed by atoms with Crippen LogP contribution in [0.3, 0.4) is 0 Å². The summed E-state index contributed by atoms with van der Waals surface area (Å²) in [4.78, 5) is 12.0. The monoisotopic (exact) mass is 433 g/mol. The van der Waals surface area contributed by atoms with Crippen LogP contribution >= 0.6 is 0 Å². The second kappa shape index (κ2) is 19.2. The van der Waals surface area contributed by atoms with Crippen molar-refractivity contribution < 1.29 is 14.6 Å². The maximum atomic E-state index is 12.0. The van der Waals surface area contributed by atoms with E-state index >= 15 is 0 Å². The molecule has 31 heavy (non-hydrogen) atoms. The van der Waals surface area contributed by atoms with Gasteiger partial charge in [0.1, 0.15) is 11.8 Å². The third kappa shape index (κ3) is 15.8. The van der Waals surface area contributed by atoms with E-state index in [1.807, 2.05) is 0 Å². The molecule has 0 bridgehead atoms. The standard InChI is InChI=1S/C27H47NO3/c1-2-3-4-5-6-7-8-9-10-11-12-13-14-15-16-17-22-31-27(30)26(28)23-24-18-20-25(29)21-19-24/h18-21,26,29H,2-17,22-23,28H2,1H3/t26-/m1/s1. The predicted octanol–water partition coefficient (Wildman–Crippen LogP) is 7.07. The minimum Gasteiger partial charge on any atom is -0.508 e. The number of unbranched alkanes of at least 4 members (excludes halogenated alkanes) is 15. The summed E-state index contributed by atoms with van der Waals surface area (Å²) in [7, 11) is 0. The Morgan fingerprint density at radius 2 is 1.19 bits per heavy atom. The van der Waals surface area contributed by atoms with Crippen LogP contribution in [0.5, 0.6) is 5.75 Å². The average molecular weight is 434 g/mol. The Morgan fingerprint density at radius 1 is 0.774 bits per heavy atom. The third-order valence-electron chi connectivity index (χ3n) is 5.94. The second-order valence-electron chi connectivity index (χ2n) is 8.95. The number of carbonyl (C=O) groups is 1. The maximum Gasteiger partial charge on any atom is 0.323 e. The van der Waals surface area contributed by atoms with Crippen molar-refractivity contribution in [1.29, 1.82) is 0 Å². The Hall–Kier alpha value is -1.55.